The monoisotopic (exact) mass is 272 g/mol. The lowest BCUT2D eigenvalue weighted by atomic mass is 10.1. The van der Waals surface area contributed by atoms with Gasteiger partial charge in [0.15, 0.2) is 6.29 Å². The number of hydrogen-bond donors (Lipinski definition) is 0. The minimum absolute atomic E-state index is 0.0919. The highest BCUT2D eigenvalue weighted by Crippen LogP contribution is 2.06. The molecule has 0 aliphatic rings. The van der Waals surface area contributed by atoms with E-state index >= 15 is 0 Å². The second kappa shape index (κ2) is 13.6. The Morgan fingerprint density at radius 3 is 2.26 bits per heavy atom. The Morgan fingerprint density at radius 2 is 1.68 bits per heavy atom. The molecule has 0 aromatic carbocycles. The van der Waals surface area contributed by atoms with E-state index in [-0.39, 0.29) is 12.3 Å². The molecule has 0 N–H and O–H groups in total. The van der Waals surface area contributed by atoms with Gasteiger partial charge in [-0.25, -0.2) is 0 Å². The Balaban J connectivity index is 3.53. The molecule has 112 valence electrons. The lowest BCUT2D eigenvalue weighted by Crippen LogP contribution is -2.14. The lowest BCUT2D eigenvalue weighted by Gasteiger charge is -2.12. The molecule has 4 heteroatoms. The van der Waals surface area contributed by atoms with Crippen LogP contribution < -0.4 is 0 Å². The summed E-state index contributed by atoms with van der Waals surface area (Å²) in [5.41, 5.74) is 0. The molecule has 0 amide bonds. The summed E-state index contributed by atoms with van der Waals surface area (Å²) in [5, 5.41) is 0. The Morgan fingerprint density at radius 1 is 1.00 bits per heavy atom. The quantitative estimate of drug-likeness (QED) is 0.236. The van der Waals surface area contributed by atoms with Crippen molar-refractivity contribution in [3.05, 3.63) is 12.2 Å². The van der Waals surface area contributed by atoms with Crippen LogP contribution >= 0.6 is 0 Å². The van der Waals surface area contributed by atoms with Crippen molar-refractivity contribution < 1.29 is 19.0 Å². The highest BCUT2D eigenvalue weighted by Gasteiger charge is 2.02. The molecule has 0 radical (unpaired) electrons. The van der Waals surface area contributed by atoms with Crippen molar-refractivity contribution in [1.29, 1.82) is 0 Å². The van der Waals surface area contributed by atoms with Crippen molar-refractivity contribution >= 4 is 5.97 Å². The number of esters is 1. The zero-order valence-corrected chi connectivity index (χ0v) is 12.5. The number of unbranched alkanes of at least 4 members (excludes halogenated alkanes) is 3. The fourth-order valence-corrected chi connectivity index (χ4v) is 1.64. The number of carbonyl (C=O) groups excluding carboxylic acids is 1. The second-order valence-corrected chi connectivity index (χ2v) is 4.11. The van der Waals surface area contributed by atoms with Gasteiger partial charge in [-0.1, -0.05) is 12.5 Å². The normalized spacial score (nSPS) is 11.4. The average Bonchev–Trinajstić information content (AvgIpc) is 2.38. The van der Waals surface area contributed by atoms with Crippen molar-refractivity contribution in [3.8, 4) is 0 Å². The molecule has 0 rings (SSSR count). The van der Waals surface area contributed by atoms with Crippen LogP contribution in [0.25, 0.3) is 0 Å². The molecule has 0 saturated heterocycles. The van der Waals surface area contributed by atoms with E-state index in [0.29, 0.717) is 26.2 Å². The summed E-state index contributed by atoms with van der Waals surface area (Å²) in [5.74, 6) is -0.0919. The number of rotatable bonds is 12. The van der Waals surface area contributed by atoms with Gasteiger partial charge in [-0.05, 0) is 46.1 Å². The van der Waals surface area contributed by atoms with Gasteiger partial charge >= 0.3 is 5.97 Å². The third-order valence-corrected chi connectivity index (χ3v) is 2.51. The molecule has 0 unspecified atom stereocenters. The first-order chi connectivity index (χ1) is 9.24. The van der Waals surface area contributed by atoms with Crippen molar-refractivity contribution in [2.45, 2.75) is 59.2 Å². The van der Waals surface area contributed by atoms with Crippen molar-refractivity contribution in [2.24, 2.45) is 0 Å². The molecule has 0 fully saturated rings. The molecule has 0 heterocycles. The van der Waals surface area contributed by atoms with Gasteiger partial charge in [-0.3, -0.25) is 4.79 Å². The predicted octanol–water partition coefficient (Wildman–Crippen LogP) is 3.46. The first-order valence-electron chi connectivity index (χ1n) is 7.30. The van der Waals surface area contributed by atoms with Crippen LogP contribution in [0.2, 0.25) is 0 Å². The summed E-state index contributed by atoms with van der Waals surface area (Å²) in [6.07, 6.45) is 8.33. The second-order valence-electron chi connectivity index (χ2n) is 4.11. The maximum absolute atomic E-state index is 11.1. The van der Waals surface area contributed by atoms with Crippen LogP contribution in [0.5, 0.6) is 0 Å². The van der Waals surface area contributed by atoms with E-state index < -0.39 is 0 Å². The van der Waals surface area contributed by atoms with Gasteiger partial charge in [-0.15, -0.1) is 0 Å². The van der Waals surface area contributed by atoms with E-state index in [0.717, 1.165) is 25.7 Å². The van der Waals surface area contributed by atoms with Gasteiger partial charge < -0.3 is 14.2 Å². The molecule has 0 saturated carbocycles. The SMILES string of the molecule is CCOC(=O)CCCCCC=CC(OCC)OCC. The van der Waals surface area contributed by atoms with Crippen molar-refractivity contribution in [3.63, 3.8) is 0 Å². The van der Waals surface area contributed by atoms with E-state index in [1.54, 1.807) is 0 Å². The summed E-state index contributed by atoms with van der Waals surface area (Å²) in [6, 6.07) is 0. The third-order valence-electron chi connectivity index (χ3n) is 2.51. The predicted molar refractivity (Wildman–Crippen MR) is 75.9 cm³/mol. The number of allylic oxidation sites excluding steroid dienone is 1. The van der Waals surface area contributed by atoms with Crippen LogP contribution in [-0.2, 0) is 19.0 Å². The Labute approximate surface area is 117 Å². The zero-order chi connectivity index (χ0) is 14.3. The van der Waals surface area contributed by atoms with Gasteiger partial charge in [0.25, 0.3) is 0 Å². The smallest absolute Gasteiger partial charge is 0.305 e. The van der Waals surface area contributed by atoms with E-state index in [1.807, 2.05) is 26.8 Å². The fourth-order valence-electron chi connectivity index (χ4n) is 1.64. The van der Waals surface area contributed by atoms with Crippen LogP contribution in [0.1, 0.15) is 52.9 Å². The van der Waals surface area contributed by atoms with Crippen molar-refractivity contribution in [1.82, 2.24) is 0 Å². The maximum Gasteiger partial charge on any atom is 0.305 e. The van der Waals surface area contributed by atoms with Crippen LogP contribution in [0, 0.1) is 0 Å². The molecule has 0 aromatic heterocycles. The van der Waals surface area contributed by atoms with Gasteiger partial charge in [0.2, 0.25) is 0 Å². The Kier molecular flexibility index (Phi) is 12.9. The topological polar surface area (TPSA) is 44.8 Å². The third kappa shape index (κ3) is 11.9. The highest BCUT2D eigenvalue weighted by atomic mass is 16.7. The number of carbonyl (C=O) groups is 1. The Hall–Kier alpha value is -0.870. The Bertz CT molecular complexity index is 232. The molecule has 0 aromatic rings. The summed E-state index contributed by atoms with van der Waals surface area (Å²) in [6.45, 7) is 7.50. The molecule has 0 aliphatic heterocycles. The summed E-state index contributed by atoms with van der Waals surface area (Å²) >= 11 is 0. The van der Waals surface area contributed by atoms with Crippen LogP contribution in [0.15, 0.2) is 12.2 Å². The van der Waals surface area contributed by atoms with Crippen molar-refractivity contribution in [2.75, 3.05) is 19.8 Å². The molecule has 19 heavy (non-hydrogen) atoms. The van der Waals surface area contributed by atoms with E-state index in [4.69, 9.17) is 14.2 Å². The van der Waals surface area contributed by atoms with Gasteiger partial charge in [-0.2, -0.15) is 0 Å². The standard InChI is InChI=1S/C15H28O4/c1-4-17-14(16)12-10-8-7-9-11-13-15(18-5-2)19-6-3/h11,13,15H,4-10,12H2,1-3H3. The highest BCUT2D eigenvalue weighted by molar-refractivity contribution is 5.69. The van der Waals surface area contributed by atoms with Gasteiger partial charge in [0, 0.05) is 19.6 Å². The maximum atomic E-state index is 11.1. The van der Waals surface area contributed by atoms with Crippen LogP contribution in [-0.4, -0.2) is 32.1 Å². The average molecular weight is 272 g/mol. The van der Waals surface area contributed by atoms with Crippen LogP contribution in [0.3, 0.4) is 0 Å². The van der Waals surface area contributed by atoms with E-state index in [9.17, 15) is 4.79 Å². The van der Waals surface area contributed by atoms with Gasteiger partial charge in [0.05, 0.1) is 6.61 Å². The van der Waals surface area contributed by atoms with Gasteiger partial charge in [0.1, 0.15) is 0 Å². The molecule has 0 bridgehead atoms. The first-order valence-corrected chi connectivity index (χ1v) is 7.30. The molecular formula is C15H28O4. The molecule has 0 aliphatic carbocycles. The first kappa shape index (κ1) is 18.1. The summed E-state index contributed by atoms with van der Waals surface area (Å²) < 4.78 is 15.7. The number of ether oxygens (including phenoxy) is 3. The minimum atomic E-state index is -0.227. The van der Waals surface area contributed by atoms with Crippen LogP contribution in [0.4, 0.5) is 0 Å². The lowest BCUT2D eigenvalue weighted by molar-refractivity contribution is -0.143. The molecule has 4 nitrogen and oxygen atoms in total. The molecule has 0 spiro atoms. The fraction of sp³-hybridized carbons (Fsp3) is 0.800. The zero-order valence-electron chi connectivity index (χ0n) is 12.5. The molecular weight excluding hydrogens is 244 g/mol. The van der Waals surface area contributed by atoms with E-state index in [1.165, 1.54) is 0 Å². The summed E-state index contributed by atoms with van der Waals surface area (Å²) in [7, 11) is 0. The summed E-state index contributed by atoms with van der Waals surface area (Å²) in [4.78, 5) is 11.1. The minimum Gasteiger partial charge on any atom is -0.466 e. The number of hydrogen-bond acceptors (Lipinski definition) is 4. The molecule has 0 atom stereocenters. The van der Waals surface area contributed by atoms with E-state index in [2.05, 4.69) is 6.08 Å². The largest absolute Gasteiger partial charge is 0.466 e.